The van der Waals surface area contributed by atoms with Gasteiger partial charge in [0.25, 0.3) is 0 Å². The lowest BCUT2D eigenvalue weighted by atomic mass is 9.99. The van der Waals surface area contributed by atoms with Crippen LogP contribution in [-0.4, -0.2) is 15.3 Å². The molecule has 0 saturated carbocycles. The van der Waals surface area contributed by atoms with Gasteiger partial charge in [-0.15, -0.1) is 11.8 Å². The van der Waals surface area contributed by atoms with Crippen molar-refractivity contribution in [3.8, 4) is 0 Å². The second-order valence-corrected chi connectivity index (χ2v) is 7.80. The van der Waals surface area contributed by atoms with Gasteiger partial charge in [-0.2, -0.15) is 0 Å². The molecule has 0 saturated heterocycles. The number of thioether (sulfide) groups is 1. The van der Waals surface area contributed by atoms with Crippen LogP contribution in [0.5, 0.6) is 0 Å². The summed E-state index contributed by atoms with van der Waals surface area (Å²) in [6.45, 7) is 0. The van der Waals surface area contributed by atoms with Crippen LogP contribution < -0.4 is 5.32 Å². The van der Waals surface area contributed by atoms with E-state index in [1.165, 1.54) is 5.57 Å². The fourth-order valence-corrected chi connectivity index (χ4v) is 5.35. The van der Waals surface area contributed by atoms with Gasteiger partial charge < -0.3 is 5.32 Å². The minimum absolute atomic E-state index is 0.0225. The second kappa shape index (κ2) is 7.14. The smallest absolute Gasteiger partial charge is 0.0875 e. The van der Waals surface area contributed by atoms with Crippen molar-refractivity contribution in [3.05, 3.63) is 71.3 Å². The van der Waals surface area contributed by atoms with Crippen LogP contribution in [0.4, 0.5) is 0 Å². The van der Waals surface area contributed by atoms with Gasteiger partial charge in [0.15, 0.2) is 0 Å². The normalized spacial score (nSPS) is 23.4. The predicted molar refractivity (Wildman–Crippen MR) is 92.3 cm³/mol. The topological polar surface area (TPSA) is 29.1 Å². The molecule has 0 radical (unpaired) electrons. The fraction of sp³-hybridized carbons (Fsp3) is 0.294. The molecule has 0 aromatic heterocycles. The van der Waals surface area contributed by atoms with Crippen LogP contribution in [0.15, 0.2) is 65.7 Å². The van der Waals surface area contributed by atoms with Gasteiger partial charge in [0.1, 0.15) is 0 Å². The molecule has 3 unspecified atom stereocenters. The number of benzene rings is 1. The van der Waals surface area contributed by atoms with E-state index in [1.54, 1.807) is 11.8 Å². The molecule has 3 rings (SSSR count). The molecule has 2 aliphatic rings. The van der Waals surface area contributed by atoms with E-state index in [1.807, 2.05) is 29.8 Å². The summed E-state index contributed by atoms with van der Waals surface area (Å²) in [6.07, 6.45) is 10.6. The van der Waals surface area contributed by atoms with Gasteiger partial charge in [0.05, 0.1) is 16.4 Å². The van der Waals surface area contributed by atoms with Gasteiger partial charge >= 0.3 is 0 Å². The van der Waals surface area contributed by atoms with Crippen LogP contribution in [0.2, 0.25) is 0 Å². The number of nitrogens with one attached hydrogen (secondary N) is 1. The molecule has 1 aliphatic heterocycles. The Hall–Kier alpha value is -1.26. The monoisotopic (exact) mass is 317 g/mol. The average Bonchev–Trinajstić information content (AvgIpc) is 3.02. The van der Waals surface area contributed by atoms with Crippen molar-refractivity contribution >= 4 is 22.6 Å². The first-order valence-electron chi connectivity index (χ1n) is 7.20. The molecular formula is C17H19NOS2. The summed E-state index contributed by atoms with van der Waals surface area (Å²) in [5.74, 6) is 0.655. The Morgan fingerprint density at radius 3 is 2.81 bits per heavy atom. The van der Waals surface area contributed by atoms with E-state index in [2.05, 4.69) is 35.7 Å². The number of hydrogen-bond donors (Lipinski definition) is 1. The summed E-state index contributed by atoms with van der Waals surface area (Å²) in [5.41, 5.74) is 2.34. The largest absolute Gasteiger partial charge is 0.378 e. The molecule has 1 aromatic carbocycles. The summed E-state index contributed by atoms with van der Waals surface area (Å²) in [4.78, 5) is 0. The lowest BCUT2D eigenvalue weighted by Gasteiger charge is -2.22. The number of allylic oxidation sites excluding steroid dienone is 3. The molecule has 2 nitrogen and oxygen atoms in total. The van der Waals surface area contributed by atoms with Crippen LogP contribution in [0, 0.1) is 0 Å². The number of rotatable bonds is 5. The highest BCUT2D eigenvalue weighted by atomic mass is 32.2. The highest BCUT2D eigenvalue weighted by molar-refractivity contribution is 8.03. The Bertz CT molecular complexity index is 584. The van der Waals surface area contributed by atoms with E-state index in [4.69, 9.17) is 0 Å². The van der Waals surface area contributed by atoms with Gasteiger partial charge in [-0.25, -0.2) is 0 Å². The number of hydrogen-bond acceptors (Lipinski definition) is 3. The zero-order valence-electron chi connectivity index (χ0n) is 11.8. The maximum atomic E-state index is 13.0. The van der Waals surface area contributed by atoms with Crippen LogP contribution in [-0.2, 0) is 10.8 Å². The van der Waals surface area contributed by atoms with Crippen molar-refractivity contribution in [1.82, 2.24) is 5.32 Å². The van der Waals surface area contributed by atoms with Crippen molar-refractivity contribution in [2.45, 2.75) is 23.5 Å². The van der Waals surface area contributed by atoms with Crippen molar-refractivity contribution in [1.29, 1.82) is 0 Å². The van der Waals surface area contributed by atoms with E-state index in [-0.39, 0.29) is 10.6 Å². The Morgan fingerprint density at radius 2 is 2.14 bits per heavy atom. The third-order valence-electron chi connectivity index (χ3n) is 3.60. The van der Waals surface area contributed by atoms with Crippen LogP contribution in [0.1, 0.15) is 23.7 Å². The molecule has 0 spiro atoms. The van der Waals surface area contributed by atoms with Gasteiger partial charge in [-0.1, -0.05) is 48.6 Å². The van der Waals surface area contributed by atoms with Crippen LogP contribution in [0.3, 0.4) is 0 Å². The highest BCUT2D eigenvalue weighted by Gasteiger charge is 2.25. The molecular weight excluding hydrogens is 298 g/mol. The predicted octanol–water partition coefficient (Wildman–Crippen LogP) is 3.89. The molecule has 1 N–H and O–H groups in total. The molecule has 110 valence electrons. The van der Waals surface area contributed by atoms with Crippen molar-refractivity contribution in [3.63, 3.8) is 0 Å². The molecule has 0 fully saturated rings. The third-order valence-corrected chi connectivity index (χ3v) is 6.47. The first kappa shape index (κ1) is 14.7. The quantitative estimate of drug-likeness (QED) is 0.893. The van der Waals surface area contributed by atoms with Crippen molar-refractivity contribution in [2.75, 3.05) is 5.75 Å². The third kappa shape index (κ3) is 3.69. The van der Waals surface area contributed by atoms with E-state index < -0.39 is 10.8 Å². The fourth-order valence-electron chi connectivity index (χ4n) is 2.60. The molecule has 1 aromatic rings. The summed E-state index contributed by atoms with van der Waals surface area (Å²) >= 11 is 1.71. The summed E-state index contributed by atoms with van der Waals surface area (Å²) < 4.78 is 13.0. The van der Waals surface area contributed by atoms with Gasteiger partial charge in [0, 0.05) is 17.0 Å². The second-order valence-electron chi connectivity index (χ2n) is 5.12. The first-order chi connectivity index (χ1) is 10.3. The van der Waals surface area contributed by atoms with Crippen LogP contribution in [0.25, 0.3) is 0 Å². The van der Waals surface area contributed by atoms with Crippen molar-refractivity contribution in [2.24, 2.45) is 0 Å². The van der Waals surface area contributed by atoms with E-state index in [0.717, 1.165) is 18.4 Å². The summed E-state index contributed by atoms with van der Waals surface area (Å²) in [5, 5.41) is 5.48. The van der Waals surface area contributed by atoms with Crippen molar-refractivity contribution < 1.29 is 4.21 Å². The molecule has 1 aliphatic carbocycles. The maximum Gasteiger partial charge on any atom is 0.0875 e. The summed E-state index contributed by atoms with van der Waals surface area (Å²) in [6, 6.07) is 10.2. The van der Waals surface area contributed by atoms with Gasteiger partial charge in [0.2, 0.25) is 0 Å². The lowest BCUT2D eigenvalue weighted by Crippen LogP contribution is -2.26. The maximum absolute atomic E-state index is 13.0. The Morgan fingerprint density at radius 1 is 1.29 bits per heavy atom. The lowest BCUT2D eigenvalue weighted by molar-refractivity contribution is 0.674. The zero-order chi connectivity index (χ0) is 14.5. The van der Waals surface area contributed by atoms with E-state index in [0.29, 0.717) is 5.75 Å². The Labute approximate surface area is 132 Å². The zero-order valence-corrected chi connectivity index (χ0v) is 13.4. The molecule has 3 atom stereocenters. The molecule has 4 heteroatoms. The first-order valence-corrected chi connectivity index (χ1v) is 9.52. The molecule has 0 bridgehead atoms. The minimum Gasteiger partial charge on any atom is -0.378 e. The molecule has 1 heterocycles. The minimum atomic E-state index is -0.939. The average molecular weight is 317 g/mol. The van der Waals surface area contributed by atoms with Crippen LogP contribution >= 0.6 is 11.8 Å². The Kier molecular flexibility index (Phi) is 4.99. The van der Waals surface area contributed by atoms with Gasteiger partial charge in [-0.05, 0) is 29.4 Å². The van der Waals surface area contributed by atoms with Gasteiger partial charge in [-0.3, -0.25) is 4.21 Å². The van der Waals surface area contributed by atoms with E-state index >= 15 is 0 Å². The Balaban J connectivity index is 1.83. The standard InChI is InChI=1S/C17H19NOS2/c19-21(13-16-18-11-12-20-16)17(14-7-3-1-4-8-14)15-9-5-2-6-10-15/h1,3-5,7-12,16-18H,2,6,13H2. The molecule has 21 heavy (non-hydrogen) atoms. The highest BCUT2D eigenvalue weighted by Crippen LogP contribution is 2.33. The SMILES string of the molecule is O=S(CC1NC=CS1)C(C1=CCCC=C1)c1ccccc1. The molecule has 0 amide bonds. The van der Waals surface area contributed by atoms with E-state index in [9.17, 15) is 4.21 Å². The summed E-state index contributed by atoms with van der Waals surface area (Å²) in [7, 11) is -0.939.